The zero-order valence-electron chi connectivity index (χ0n) is 16.6. The zero-order chi connectivity index (χ0) is 17.9. The summed E-state index contributed by atoms with van der Waals surface area (Å²) in [6, 6.07) is 17.1. The molecule has 0 aliphatic rings. The molecule has 0 aliphatic heterocycles. The standard InChI is InChI=1S/C20H25NO4.2Na/c1-2-24-19-10-6-7-11-20(19)25-16-18(23)15-21(12-13-22)14-17-8-4-3-5-9-17;;/h3-11,18H,2,12-16H2,1H3;;/q-2;2*+1. The maximum atomic E-state index is 12.3. The first-order valence-corrected chi connectivity index (χ1v) is 8.57. The molecule has 1 unspecified atom stereocenters. The van der Waals surface area contributed by atoms with E-state index < -0.39 is 6.10 Å². The summed E-state index contributed by atoms with van der Waals surface area (Å²) in [6.45, 7) is 3.46. The number of nitrogens with zero attached hydrogens (tertiary/aromatic N) is 1. The Bertz CT molecular complexity index is 616. The van der Waals surface area contributed by atoms with Gasteiger partial charge < -0.3 is 24.6 Å². The van der Waals surface area contributed by atoms with Crippen molar-refractivity contribution in [1.82, 2.24) is 4.90 Å². The van der Waals surface area contributed by atoms with Crippen LogP contribution in [0.5, 0.6) is 11.5 Å². The van der Waals surface area contributed by atoms with Crippen molar-refractivity contribution in [2.45, 2.75) is 19.6 Å². The largest absolute Gasteiger partial charge is 1.00 e. The molecule has 2 aromatic rings. The zero-order valence-corrected chi connectivity index (χ0v) is 20.6. The van der Waals surface area contributed by atoms with Crippen molar-refractivity contribution in [2.75, 3.05) is 32.9 Å². The summed E-state index contributed by atoms with van der Waals surface area (Å²) in [5.41, 5.74) is 1.09. The van der Waals surface area contributed by atoms with Crippen LogP contribution in [0.15, 0.2) is 54.6 Å². The predicted molar refractivity (Wildman–Crippen MR) is 93.5 cm³/mol. The van der Waals surface area contributed by atoms with E-state index in [4.69, 9.17) is 9.47 Å². The van der Waals surface area contributed by atoms with E-state index in [1.165, 1.54) is 0 Å². The minimum Gasteiger partial charge on any atom is -0.854 e. The summed E-state index contributed by atoms with van der Waals surface area (Å²) >= 11 is 0. The van der Waals surface area contributed by atoms with Crippen molar-refractivity contribution in [3.8, 4) is 11.5 Å². The minimum atomic E-state index is -0.940. The van der Waals surface area contributed by atoms with Gasteiger partial charge in [0.2, 0.25) is 0 Å². The SMILES string of the molecule is CCOc1ccccc1OCC([O-])CN(CC[O-])Cc1ccccc1.[Na+].[Na+]. The third-order valence-electron chi connectivity index (χ3n) is 3.69. The van der Waals surface area contributed by atoms with Crippen LogP contribution in [-0.4, -0.2) is 43.9 Å². The van der Waals surface area contributed by atoms with Crippen LogP contribution in [-0.2, 0) is 6.54 Å². The van der Waals surface area contributed by atoms with E-state index in [1.54, 1.807) is 6.07 Å². The fourth-order valence-electron chi connectivity index (χ4n) is 2.57. The first-order valence-electron chi connectivity index (χ1n) is 8.57. The van der Waals surface area contributed by atoms with Crippen LogP contribution < -0.4 is 78.8 Å². The molecule has 2 aromatic carbocycles. The third-order valence-corrected chi connectivity index (χ3v) is 3.69. The number of hydrogen-bond acceptors (Lipinski definition) is 5. The molecular weight excluding hydrogens is 364 g/mol. The molecule has 5 nitrogen and oxygen atoms in total. The van der Waals surface area contributed by atoms with Gasteiger partial charge in [0.1, 0.15) is 0 Å². The van der Waals surface area contributed by atoms with Crippen molar-refractivity contribution in [3.05, 3.63) is 60.2 Å². The summed E-state index contributed by atoms with van der Waals surface area (Å²) in [6.07, 6.45) is -0.940. The Morgan fingerprint density at radius 1 is 0.926 bits per heavy atom. The molecular formula is C20H25NNa2O4. The molecule has 0 N–H and O–H groups in total. The summed E-state index contributed by atoms with van der Waals surface area (Å²) in [4.78, 5) is 1.89. The Labute approximate surface area is 206 Å². The second kappa shape index (κ2) is 15.8. The molecule has 0 amide bonds. The Balaban J connectivity index is 0.00000338. The molecule has 0 saturated heterocycles. The van der Waals surface area contributed by atoms with Crippen molar-refractivity contribution in [2.24, 2.45) is 0 Å². The van der Waals surface area contributed by atoms with Gasteiger partial charge in [-0.05, 0) is 37.7 Å². The molecule has 2 rings (SSSR count). The maximum Gasteiger partial charge on any atom is 1.00 e. The van der Waals surface area contributed by atoms with Gasteiger partial charge in [0.25, 0.3) is 0 Å². The average Bonchev–Trinajstić information content (AvgIpc) is 2.62. The van der Waals surface area contributed by atoms with Gasteiger partial charge >= 0.3 is 59.1 Å². The predicted octanol–water partition coefficient (Wildman–Crippen LogP) is -4.94. The normalized spacial score (nSPS) is 11.3. The van der Waals surface area contributed by atoms with Gasteiger partial charge in [-0.25, -0.2) is 0 Å². The Hall–Kier alpha value is -0.0800. The number of hydrogen-bond donors (Lipinski definition) is 0. The molecule has 0 aliphatic carbocycles. The topological polar surface area (TPSA) is 67.8 Å². The van der Waals surface area contributed by atoms with Gasteiger partial charge in [-0.3, -0.25) is 0 Å². The minimum absolute atomic E-state index is 0. The molecule has 0 heterocycles. The van der Waals surface area contributed by atoms with Crippen LogP contribution in [0, 0.1) is 0 Å². The second-order valence-electron chi connectivity index (χ2n) is 5.74. The first kappa shape index (κ1) is 26.9. The molecule has 0 radical (unpaired) electrons. The Kier molecular flexibility index (Phi) is 15.8. The molecule has 1 atom stereocenters. The van der Waals surface area contributed by atoms with E-state index in [0.29, 0.717) is 31.2 Å². The van der Waals surface area contributed by atoms with E-state index in [0.717, 1.165) is 5.56 Å². The van der Waals surface area contributed by atoms with Crippen LogP contribution in [0.3, 0.4) is 0 Å². The van der Waals surface area contributed by atoms with Gasteiger partial charge in [-0.2, -0.15) is 0 Å². The average molecular weight is 389 g/mol. The number of rotatable bonds is 11. The first-order chi connectivity index (χ1) is 12.2. The summed E-state index contributed by atoms with van der Waals surface area (Å²) in [5.74, 6) is 1.21. The van der Waals surface area contributed by atoms with Crippen molar-refractivity contribution >= 4 is 0 Å². The van der Waals surface area contributed by atoms with Gasteiger partial charge in [0.15, 0.2) is 11.5 Å². The molecule has 7 heteroatoms. The molecule has 136 valence electrons. The molecule has 0 aromatic heterocycles. The van der Waals surface area contributed by atoms with Crippen molar-refractivity contribution in [3.63, 3.8) is 0 Å². The van der Waals surface area contributed by atoms with Crippen LogP contribution in [0.1, 0.15) is 12.5 Å². The fraction of sp³-hybridized carbons (Fsp3) is 0.400. The van der Waals surface area contributed by atoms with Gasteiger partial charge in [-0.15, -0.1) is 6.61 Å². The van der Waals surface area contributed by atoms with E-state index >= 15 is 0 Å². The smallest absolute Gasteiger partial charge is 0.854 e. The number of ether oxygens (including phenoxy) is 2. The Morgan fingerprint density at radius 3 is 2.11 bits per heavy atom. The van der Waals surface area contributed by atoms with E-state index in [2.05, 4.69) is 0 Å². The molecule has 0 bridgehead atoms. The van der Waals surface area contributed by atoms with Crippen LogP contribution >= 0.6 is 0 Å². The molecule has 27 heavy (non-hydrogen) atoms. The quantitative estimate of drug-likeness (QED) is 0.361. The second-order valence-corrected chi connectivity index (χ2v) is 5.74. The monoisotopic (exact) mass is 389 g/mol. The third kappa shape index (κ3) is 10.3. The van der Waals surface area contributed by atoms with E-state index in [-0.39, 0.29) is 78.9 Å². The molecule has 0 saturated carbocycles. The summed E-state index contributed by atoms with van der Waals surface area (Å²) in [7, 11) is 0. The number of para-hydroxylation sites is 2. The van der Waals surface area contributed by atoms with Crippen molar-refractivity contribution < 1.29 is 78.8 Å². The molecule has 0 fully saturated rings. The van der Waals surface area contributed by atoms with Crippen molar-refractivity contribution in [1.29, 1.82) is 0 Å². The molecule has 0 spiro atoms. The van der Waals surface area contributed by atoms with Gasteiger partial charge in [-0.1, -0.05) is 48.6 Å². The Morgan fingerprint density at radius 2 is 1.52 bits per heavy atom. The fourth-order valence-corrected chi connectivity index (χ4v) is 2.57. The van der Waals surface area contributed by atoms with E-state index in [9.17, 15) is 10.2 Å². The van der Waals surface area contributed by atoms with Gasteiger partial charge in [0.05, 0.1) is 13.2 Å². The van der Waals surface area contributed by atoms with Crippen LogP contribution in [0.4, 0.5) is 0 Å². The summed E-state index contributed by atoms with van der Waals surface area (Å²) in [5, 5.41) is 23.4. The maximum absolute atomic E-state index is 12.3. The van der Waals surface area contributed by atoms with Crippen LogP contribution in [0.2, 0.25) is 0 Å². The van der Waals surface area contributed by atoms with E-state index in [1.807, 2.05) is 60.4 Å². The number of benzene rings is 2. The van der Waals surface area contributed by atoms with Crippen LogP contribution in [0.25, 0.3) is 0 Å². The summed E-state index contributed by atoms with van der Waals surface area (Å²) < 4.78 is 11.1. The van der Waals surface area contributed by atoms with Gasteiger partial charge in [0, 0.05) is 6.54 Å².